The van der Waals surface area contributed by atoms with Gasteiger partial charge in [-0.3, -0.25) is 4.55 Å². The van der Waals surface area contributed by atoms with E-state index in [4.69, 9.17) is 38.2 Å². The normalized spacial score (nSPS) is 11.5. The van der Waals surface area contributed by atoms with E-state index in [2.05, 4.69) is 16.3 Å². The van der Waals surface area contributed by atoms with Gasteiger partial charge in [-0.2, -0.15) is 8.42 Å². The Balaban J connectivity index is 2.43. The number of hydrogen-bond donors (Lipinski definition) is 2. The SMILES string of the molecule is CCCCOCCOc1cc(OCCOCCCSOOO)cc(OCCOCCCS(=O)(=O)O)c1. The Morgan fingerprint density at radius 3 is 1.64 bits per heavy atom. The standard InChI is InChI=1S/C22H38O12S2/c1-2-3-6-27-9-12-30-20-17-21(31-13-10-28-7-4-15-35-34-33-23)19-22(18-20)32-14-11-29-8-5-16-36(24,25)26/h17-19,23H,2-16H2,1H3,(H,24,25,26). The van der Waals surface area contributed by atoms with E-state index in [1.54, 1.807) is 18.2 Å². The highest BCUT2D eigenvalue weighted by atomic mass is 32.2. The summed E-state index contributed by atoms with van der Waals surface area (Å²) in [6, 6.07) is 5.23. The summed E-state index contributed by atoms with van der Waals surface area (Å²) < 4.78 is 68.0. The van der Waals surface area contributed by atoms with Gasteiger partial charge in [0.1, 0.15) is 37.1 Å². The first-order valence-electron chi connectivity index (χ1n) is 11.8. The Hall–Kier alpha value is -1.36. The van der Waals surface area contributed by atoms with Gasteiger partial charge in [0.2, 0.25) is 0 Å². The minimum Gasteiger partial charge on any atom is -0.491 e. The molecule has 0 aromatic heterocycles. The molecule has 0 radical (unpaired) electrons. The summed E-state index contributed by atoms with van der Waals surface area (Å²) in [4.78, 5) is 0. The summed E-state index contributed by atoms with van der Waals surface area (Å²) in [5.74, 6) is 1.91. The molecule has 12 nitrogen and oxygen atoms in total. The predicted octanol–water partition coefficient (Wildman–Crippen LogP) is 3.41. The van der Waals surface area contributed by atoms with E-state index in [-0.39, 0.29) is 32.0 Å². The molecule has 0 unspecified atom stereocenters. The van der Waals surface area contributed by atoms with Crippen molar-refractivity contribution in [1.29, 1.82) is 0 Å². The van der Waals surface area contributed by atoms with Gasteiger partial charge in [-0.05, 0) is 19.3 Å². The topological polar surface area (TPSA) is 148 Å². The van der Waals surface area contributed by atoms with Crippen molar-refractivity contribution >= 4 is 22.2 Å². The highest BCUT2D eigenvalue weighted by molar-refractivity contribution is 7.94. The van der Waals surface area contributed by atoms with Crippen LogP contribution in [-0.4, -0.2) is 89.2 Å². The molecule has 0 aliphatic rings. The van der Waals surface area contributed by atoms with Gasteiger partial charge in [-0.1, -0.05) is 18.4 Å². The van der Waals surface area contributed by atoms with Gasteiger partial charge in [0.15, 0.2) is 0 Å². The van der Waals surface area contributed by atoms with Crippen molar-refractivity contribution in [1.82, 2.24) is 0 Å². The maximum absolute atomic E-state index is 10.7. The first-order valence-corrected chi connectivity index (χ1v) is 14.3. The molecule has 1 aromatic carbocycles. The highest BCUT2D eigenvalue weighted by Crippen LogP contribution is 2.28. The minimum absolute atomic E-state index is 0.194. The number of hydrogen-bond acceptors (Lipinski definition) is 12. The van der Waals surface area contributed by atoms with E-state index in [1.165, 1.54) is 0 Å². The molecule has 0 amide bonds. The second-order valence-corrected chi connectivity index (χ2v) is 9.69. The molecule has 1 aromatic rings. The fourth-order valence-corrected chi connectivity index (χ4v) is 3.45. The van der Waals surface area contributed by atoms with Crippen LogP contribution in [0.25, 0.3) is 0 Å². The molecule has 14 heteroatoms. The fraction of sp³-hybridized carbons (Fsp3) is 0.727. The van der Waals surface area contributed by atoms with Gasteiger partial charge < -0.3 is 28.4 Å². The summed E-state index contributed by atoms with van der Waals surface area (Å²) in [6.07, 6.45) is 2.99. The van der Waals surface area contributed by atoms with Crippen LogP contribution in [0.1, 0.15) is 32.6 Å². The van der Waals surface area contributed by atoms with E-state index in [0.717, 1.165) is 24.9 Å². The molecular weight excluding hydrogens is 520 g/mol. The first-order chi connectivity index (χ1) is 17.4. The quantitative estimate of drug-likeness (QED) is 0.0594. The van der Waals surface area contributed by atoms with Gasteiger partial charge in [0, 0.05) is 55.8 Å². The molecule has 0 saturated carbocycles. The lowest BCUT2D eigenvalue weighted by Crippen LogP contribution is -2.11. The third-order valence-corrected chi connectivity index (χ3v) is 5.69. The third kappa shape index (κ3) is 19.8. The van der Waals surface area contributed by atoms with Crippen molar-refractivity contribution in [2.45, 2.75) is 32.6 Å². The fourth-order valence-electron chi connectivity index (χ4n) is 2.62. The summed E-state index contributed by atoms with van der Waals surface area (Å²) in [5.41, 5.74) is 0. The molecule has 36 heavy (non-hydrogen) atoms. The molecule has 210 valence electrons. The van der Waals surface area contributed by atoms with Gasteiger partial charge in [0.25, 0.3) is 10.1 Å². The Morgan fingerprint density at radius 1 is 0.722 bits per heavy atom. The summed E-state index contributed by atoms with van der Waals surface area (Å²) in [7, 11) is -3.98. The first kappa shape index (κ1) is 32.7. The minimum atomic E-state index is -3.98. The number of unbranched alkanes of at least 4 members (excludes halogenated alkanes) is 1. The van der Waals surface area contributed by atoms with E-state index in [0.29, 0.717) is 69.1 Å². The van der Waals surface area contributed by atoms with Crippen molar-refractivity contribution in [2.24, 2.45) is 0 Å². The predicted molar refractivity (Wildman–Crippen MR) is 133 cm³/mol. The molecule has 0 atom stereocenters. The van der Waals surface area contributed by atoms with E-state index in [9.17, 15) is 8.42 Å². The molecule has 1 rings (SSSR count). The largest absolute Gasteiger partial charge is 0.491 e. The van der Waals surface area contributed by atoms with Gasteiger partial charge in [-0.15, -0.1) is 4.33 Å². The monoisotopic (exact) mass is 558 g/mol. The Bertz CT molecular complexity index is 763. The van der Waals surface area contributed by atoms with Crippen molar-refractivity contribution in [2.75, 3.05) is 71.0 Å². The van der Waals surface area contributed by atoms with Crippen LogP contribution in [0.2, 0.25) is 0 Å². The molecule has 0 fully saturated rings. The smallest absolute Gasteiger partial charge is 0.264 e. The van der Waals surface area contributed by atoms with Crippen molar-refractivity contribution < 1.29 is 56.0 Å². The average Bonchev–Trinajstić information content (AvgIpc) is 2.84. The second kappa shape index (κ2) is 21.7. The van der Waals surface area contributed by atoms with Crippen molar-refractivity contribution in [3.63, 3.8) is 0 Å². The van der Waals surface area contributed by atoms with Crippen LogP contribution in [0, 0.1) is 0 Å². The van der Waals surface area contributed by atoms with Crippen LogP contribution < -0.4 is 14.2 Å². The van der Waals surface area contributed by atoms with Gasteiger partial charge in [0.05, 0.1) is 25.6 Å². The Labute approximate surface area is 217 Å². The summed E-state index contributed by atoms with van der Waals surface area (Å²) in [6.45, 7) is 5.55. The van der Waals surface area contributed by atoms with Crippen LogP contribution in [-0.2, 0) is 33.7 Å². The van der Waals surface area contributed by atoms with Crippen LogP contribution in [0.4, 0.5) is 0 Å². The van der Waals surface area contributed by atoms with Crippen LogP contribution >= 0.6 is 12.0 Å². The second-order valence-electron chi connectivity index (χ2n) is 7.33. The zero-order chi connectivity index (χ0) is 26.3. The molecule has 0 spiro atoms. The molecule has 0 aliphatic heterocycles. The van der Waals surface area contributed by atoms with Crippen LogP contribution in [0.5, 0.6) is 17.2 Å². The highest BCUT2D eigenvalue weighted by Gasteiger charge is 2.07. The third-order valence-electron chi connectivity index (χ3n) is 4.27. The summed E-state index contributed by atoms with van der Waals surface area (Å²) in [5, 5.41) is 11.5. The molecular formula is C22H38O12S2. The number of rotatable bonds is 25. The lowest BCUT2D eigenvalue weighted by Gasteiger charge is -2.14. The molecule has 0 aliphatic carbocycles. The lowest BCUT2D eigenvalue weighted by molar-refractivity contribution is -0.432. The van der Waals surface area contributed by atoms with Gasteiger partial charge in [-0.25, -0.2) is 5.26 Å². The molecule has 0 saturated heterocycles. The summed E-state index contributed by atoms with van der Waals surface area (Å²) >= 11 is 0.978. The number of benzene rings is 1. The van der Waals surface area contributed by atoms with E-state index < -0.39 is 10.1 Å². The zero-order valence-corrected chi connectivity index (χ0v) is 22.3. The Kier molecular flexibility index (Phi) is 19.7. The maximum atomic E-state index is 10.7. The van der Waals surface area contributed by atoms with Gasteiger partial charge >= 0.3 is 0 Å². The molecule has 2 N–H and O–H groups in total. The van der Waals surface area contributed by atoms with Crippen LogP contribution in [0.3, 0.4) is 0 Å². The van der Waals surface area contributed by atoms with E-state index >= 15 is 0 Å². The molecule has 0 heterocycles. The zero-order valence-electron chi connectivity index (χ0n) is 20.6. The maximum Gasteiger partial charge on any atom is 0.264 e. The Morgan fingerprint density at radius 2 is 1.19 bits per heavy atom. The molecule has 0 bridgehead atoms. The van der Waals surface area contributed by atoms with Crippen LogP contribution in [0.15, 0.2) is 18.2 Å². The number of ether oxygens (including phenoxy) is 6. The van der Waals surface area contributed by atoms with Crippen molar-refractivity contribution in [3.05, 3.63) is 18.2 Å². The van der Waals surface area contributed by atoms with Crippen molar-refractivity contribution in [3.8, 4) is 17.2 Å². The van der Waals surface area contributed by atoms with E-state index in [1.807, 2.05) is 0 Å². The average molecular weight is 559 g/mol. The lowest BCUT2D eigenvalue weighted by atomic mass is 10.3.